The number of halogens is 1. The molecule has 0 saturated heterocycles. The molecule has 0 N–H and O–H groups in total. The number of hydrogen-bond acceptors (Lipinski definition) is 1. The lowest BCUT2D eigenvalue weighted by molar-refractivity contribution is 0.587. The average molecular weight is 225 g/mol. The summed E-state index contributed by atoms with van der Waals surface area (Å²) in [5.41, 5.74) is 2.20. The lowest BCUT2D eigenvalue weighted by atomic mass is 10.2. The Morgan fingerprint density at radius 3 is 3.00 bits per heavy atom. The number of rotatable bonds is 4. The molecule has 2 nitrogen and oxygen atoms in total. The van der Waals surface area contributed by atoms with E-state index in [1.807, 2.05) is 10.9 Å². The van der Waals surface area contributed by atoms with Gasteiger partial charge in [0.05, 0.1) is 17.5 Å². The Hall–Kier alpha value is -0.940. The summed E-state index contributed by atoms with van der Waals surface area (Å²) in [6.45, 7) is 5.18. The van der Waals surface area contributed by atoms with E-state index in [0.717, 1.165) is 37.1 Å². The van der Waals surface area contributed by atoms with Gasteiger partial charge < -0.3 is 0 Å². The second kappa shape index (κ2) is 6.53. The third-order valence-corrected chi connectivity index (χ3v) is 2.46. The van der Waals surface area contributed by atoms with Crippen LogP contribution in [0, 0.1) is 18.8 Å². The molecule has 0 fully saturated rings. The number of aryl methyl sites for hydroxylation is 1. The molecule has 3 heteroatoms. The van der Waals surface area contributed by atoms with Crippen LogP contribution in [0.25, 0.3) is 0 Å². The number of unbranched alkanes of at least 4 members (excludes halogenated alkanes) is 1. The lowest BCUT2D eigenvalue weighted by Gasteiger charge is -2.00. The largest absolute Gasteiger partial charge is 0.269 e. The number of nitrogens with zero attached hydrogens (tertiary/aromatic N) is 2. The molecule has 0 spiro atoms. The Morgan fingerprint density at radius 2 is 2.33 bits per heavy atom. The van der Waals surface area contributed by atoms with Crippen LogP contribution in [0.15, 0.2) is 6.20 Å². The summed E-state index contributed by atoms with van der Waals surface area (Å²) in [4.78, 5) is 0. The van der Waals surface area contributed by atoms with E-state index in [1.54, 1.807) is 0 Å². The number of aromatic nitrogens is 2. The minimum Gasteiger partial charge on any atom is -0.269 e. The molecule has 0 unspecified atom stereocenters. The Morgan fingerprint density at radius 1 is 1.53 bits per heavy atom. The molecule has 1 aromatic heterocycles. The van der Waals surface area contributed by atoms with Crippen molar-refractivity contribution in [3.63, 3.8) is 0 Å². The predicted octanol–water partition coefficient (Wildman–Crippen LogP) is 2.97. The second-order valence-corrected chi connectivity index (χ2v) is 3.84. The van der Waals surface area contributed by atoms with Crippen molar-refractivity contribution in [1.82, 2.24) is 9.78 Å². The van der Waals surface area contributed by atoms with Crippen LogP contribution < -0.4 is 0 Å². The summed E-state index contributed by atoms with van der Waals surface area (Å²) in [5, 5.41) is 4.29. The van der Waals surface area contributed by atoms with E-state index in [2.05, 4.69) is 30.8 Å². The van der Waals surface area contributed by atoms with E-state index >= 15 is 0 Å². The van der Waals surface area contributed by atoms with E-state index in [4.69, 9.17) is 11.6 Å². The van der Waals surface area contributed by atoms with Crippen molar-refractivity contribution < 1.29 is 0 Å². The maximum atomic E-state index is 5.58. The second-order valence-electron chi connectivity index (χ2n) is 3.46. The van der Waals surface area contributed by atoms with Crippen molar-refractivity contribution >= 4 is 11.6 Å². The van der Waals surface area contributed by atoms with Crippen LogP contribution in [0.2, 0.25) is 0 Å². The highest BCUT2D eigenvalue weighted by Gasteiger charge is 2.01. The zero-order valence-corrected chi connectivity index (χ0v) is 10.1. The molecule has 15 heavy (non-hydrogen) atoms. The molecule has 0 aromatic carbocycles. The van der Waals surface area contributed by atoms with Gasteiger partial charge in [-0.15, -0.1) is 11.6 Å². The highest BCUT2D eigenvalue weighted by molar-refractivity contribution is 6.17. The van der Waals surface area contributed by atoms with Crippen molar-refractivity contribution in [2.45, 2.75) is 39.7 Å². The van der Waals surface area contributed by atoms with Gasteiger partial charge in [-0.1, -0.05) is 18.8 Å². The molecule has 1 heterocycles. The van der Waals surface area contributed by atoms with Gasteiger partial charge in [0.25, 0.3) is 0 Å². The molecule has 0 radical (unpaired) electrons. The van der Waals surface area contributed by atoms with Crippen LogP contribution in [-0.4, -0.2) is 15.7 Å². The highest BCUT2D eigenvalue weighted by atomic mass is 35.5. The maximum absolute atomic E-state index is 5.58. The van der Waals surface area contributed by atoms with Crippen molar-refractivity contribution in [2.75, 3.05) is 5.88 Å². The number of hydrogen-bond donors (Lipinski definition) is 0. The van der Waals surface area contributed by atoms with E-state index in [9.17, 15) is 0 Å². The molecular weight excluding hydrogens is 208 g/mol. The zero-order chi connectivity index (χ0) is 11.1. The van der Waals surface area contributed by atoms with Gasteiger partial charge in [0.15, 0.2) is 0 Å². The summed E-state index contributed by atoms with van der Waals surface area (Å²) in [7, 11) is 0. The molecule has 0 aliphatic heterocycles. The maximum Gasteiger partial charge on any atom is 0.0654 e. The van der Waals surface area contributed by atoms with Gasteiger partial charge in [0, 0.05) is 18.8 Å². The standard InChI is InChI=1S/C12H17ClN2/c1-3-9-15-11(2)12(10-14-15)7-5-4-6-8-13/h10H,3-4,6,8-9H2,1-2H3. The Balaban J connectivity index is 2.64. The fourth-order valence-corrected chi connectivity index (χ4v) is 1.45. The Labute approximate surface area is 96.6 Å². The van der Waals surface area contributed by atoms with Gasteiger partial charge in [-0.25, -0.2) is 0 Å². The van der Waals surface area contributed by atoms with Crippen LogP contribution >= 0.6 is 11.6 Å². The quantitative estimate of drug-likeness (QED) is 0.437. The van der Waals surface area contributed by atoms with Crippen LogP contribution in [0.4, 0.5) is 0 Å². The molecule has 82 valence electrons. The first-order chi connectivity index (χ1) is 7.29. The summed E-state index contributed by atoms with van der Waals surface area (Å²) >= 11 is 5.58. The van der Waals surface area contributed by atoms with Crippen LogP contribution in [-0.2, 0) is 6.54 Å². The summed E-state index contributed by atoms with van der Waals surface area (Å²) in [5.74, 6) is 6.93. The fraction of sp³-hybridized carbons (Fsp3) is 0.583. The van der Waals surface area contributed by atoms with Gasteiger partial charge in [0.1, 0.15) is 0 Å². The first kappa shape index (κ1) is 12.1. The van der Waals surface area contributed by atoms with Crippen molar-refractivity contribution in [3.05, 3.63) is 17.5 Å². The van der Waals surface area contributed by atoms with E-state index in [0.29, 0.717) is 5.88 Å². The Kier molecular flexibility index (Phi) is 5.28. The number of alkyl halides is 1. The molecule has 0 aliphatic rings. The molecule has 1 aromatic rings. The van der Waals surface area contributed by atoms with Gasteiger partial charge in [0.2, 0.25) is 0 Å². The van der Waals surface area contributed by atoms with Crippen molar-refractivity contribution in [3.8, 4) is 11.8 Å². The van der Waals surface area contributed by atoms with Crippen LogP contribution in [0.1, 0.15) is 37.4 Å². The molecule has 1 rings (SSSR count). The van der Waals surface area contributed by atoms with Crippen molar-refractivity contribution in [1.29, 1.82) is 0 Å². The first-order valence-electron chi connectivity index (χ1n) is 5.36. The molecule has 0 saturated carbocycles. The van der Waals surface area contributed by atoms with Crippen LogP contribution in [0.5, 0.6) is 0 Å². The third kappa shape index (κ3) is 3.60. The highest BCUT2D eigenvalue weighted by Crippen LogP contribution is 2.06. The SMILES string of the molecule is CCCn1ncc(C#CCCCCl)c1C. The molecule has 0 atom stereocenters. The lowest BCUT2D eigenvalue weighted by Crippen LogP contribution is -2.00. The van der Waals surface area contributed by atoms with E-state index in [-0.39, 0.29) is 0 Å². The predicted molar refractivity (Wildman–Crippen MR) is 64.1 cm³/mol. The summed E-state index contributed by atoms with van der Waals surface area (Å²) in [6.07, 6.45) is 4.76. The zero-order valence-electron chi connectivity index (χ0n) is 9.39. The minimum absolute atomic E-state index is 0.683. The van der Waals surface area contributed by atoms with Crippen LogP contribution in [0.3, 0.4) is 0 Å². The minimum atomic E-state index is 0.683. The molecule has 0 aliphatic carbocycles. The summed E-state index contributed by atoms with van der Waals surface area (Å²) in [6, 6.07) is 0. The molecule has 0 amide bonds. The molecular formula is C12H17ClN2. The monoisotopic (exact) mass is 224 g/mol. The normalized spacial score (nSPS) is 9.80. The summed E-state index contributed by atoms with van der Waals surface area (Å²) < 4.78 is 2.01. The fourth-order valence-electron chi connectivity index (χ4n) is 1.32. The van der Waals surface area contributed by atoms with E-state index in [1.165, 1.54) is 0 Å². The van der Waals surface area contributed by atoms with Gasteiger partial charge in [-0.3, -0.25) is 4.68 Å². The first-order valence-corrected chi connectivity index (χ1v) is 5.90. The average Bonchev–Trinajstić information content (AvgIpc) is 2.57. The van der Waals surface area contributed by atoms with Gasteiger partial charge in [-0.05, 0) is 19.8 Å². The topological polar surface area (TPSA) is 17.8 Å². The van der Waals surface area contributed by atoms with Gasteiger partial charge in [-0.2, -0.15) is 5.10 Å². The smallest absolute Gasteiger partial charge is 0.0654 e. The van der Waals surface area contributed by atoms with E-state index < -0.39 is 0 Å². The Bertz CT molecular complexity index is 357. The van der Waals surface area contributed by atoms with Crippen molar-refractivity contribution in [2.24, 2.45) is 0 Å². The third-order valence-electron chi connectivity index (χ3n) is 2.20. The van der Waals surface area contributed by atoms with Gasteiger partial charge >= 0.3 is 0 Å². The molecule has 0 bridgehead atoms.